The van der Waals surface area contributed by atoms with Gasteiger partial charge in [0.2, 0.25) is 0 Å². The number of imidazole rings is 1. The maximum atomic E-state index is 4.51. The predicted molar refractivity (Wildman–Crippen MR) is 83.3 cm³/mol. The molecule has 5 rings (SSSR count). The Hall–Kier alpha value is -3.01. The first-order valence-electron chi connectivity index (χ1n) is 6.79. The molecular weight excluding hydrogens is 260 g/mol. The topological polar surface area (TPSA) is 43.1 Å². The van der Waals surface area contributed by atoms with Gasteiger partial charge in [-0.2, -0.15) is 0 Å². The van der Waals surface area contributed by atoms with E-state index in [1.807, 2.05) is 41.5 Å². The summed E-state index contributed by atoms with van der Waals surface area (Å²) >= 11 is 0. The Labute approximate surface area is 119 Å². The number of rotatable bonds is 0. The Kier molecular flexibility index (Phi) is 1.92. The lowest BCUT2D eigenvalue weighted by Crippen LogP contribution is -1.92. The lowest BCUT2D eigenvalue weighted by atomic mass is 10.0. The van der Waals surface area contributed by atoms with Crippen molar-refractivity contribution in [2.75, 3.05) is 0 Å². The second-order valence-corrected chi connectivity index (χ2v) is 5.12. The molecule has 0 saturated carbocycles. The Balaban J connectivity index is 2.18. The summed E-state index contributed by atoms with van der Waals surface area (Å²) < 4.78 is 2.04. The molecule has 5 aromatic rings. The van der Waals surface area contributed by atoms with Gasteiger partial charge in [0.25, 0.3) is 0 Å². The van der Waals surface area contributed by atoms with Crippen LogP contribution in [0.4, 0.5) is 0 Å². The molecule has 0 aliphatic rings. The average molecular weight is 270 g/mol. The van der Waals surface area contributed by atoms with E-state index >= 15 is 0 Å². The van der Waals surface area contributed by atoms with Crippen LogP contribution in [0.2, 0.25) is 0 Å². The van der Waals surface area contributed by atoms with Gasteiger partial charge in [0.1, 0.15) is 12.0 Å². The van der Waals surface area contributed by atoms with E-state index < -0.39 is 0 Å². The largest absolute Gasteiger partial charge is 0.282 e. The first-order valence-corrected chi connectivity index (χ1v) is 6.79. The fourth-order valence-corrected chi connectivity index (χ4v) is 3.02. The summed E-state index contributed by atoms with van der Waals surface area (Å²) in [4.78, 5) is 13.3. The van der Waals surface area contributed by atoms with Crippen LogP contribution in [0.3, 0.4) is 0 Å². The molecule has 0 saturated heterocycles. The monoisotopic (exact) mass is 270 g/mol. The van der Waals surface area contributed by atoms with Gasteiger partial charge in [-0.3, -0.25) is 9.38 Å². The van der Waals surface area contributed by atoms with Gasteiger partial charge in [-0.15, -0.1) is 0 Å². The van der Waals surface area contributed by atoms with E-state index in [4.69, 9.17) is 0 Å². The molecule has 0 bridgehead atoms. The van der Waals surface area contributed by atoms with Crippen LogP contribution in [-0.2, 0) is 0 Å². The number of hydrogen-bond acceptors (Lipinski definition) is 3. The second kappa shape index (κ2) is 3.76. The van der Waals surface area contributed by atoms with Crippen molar-refractivity contribution < 1.29 is 0 Å². The van der Waals surface area contributed by atoms with Crippen molar-refractivity contribution in [2.45, 2.75) is 0 Å². The van der Waals surface area contributed by atoms with Gasteiger partial charge in [-0.25, -0.2) is 9.97 Å². The van der Waals surface area contributed by atoms with Crippen LogP contribution in [0.1, 0.15) is 0 Å². The number of hydrogen-bond donors (Lipinski definition) is 0. The molecule has 4 heteroatoms. The minimum absolute atomic E-state index is 0.924. The maximum absolute atomic E-state index is 4.51. The van der Waals surface area contributed by atoms with Crippen LogP contribution in [0.15, 0.2) is 61.3 Å². The van der Waals surface area contributed by atoms with E-state index in [1.54, 1.807) is 0 Å². The first-order chi connectivity index (χ1) is 10.4. The summed E-state index contributed by atoms with van der Waals surface area (Å²) in [6, 6.07) is 12.4. The quantitative estimate of drug-likeness (QED) is 0.319. The van der Waals surface area contributed by atoms with Gasteiger partial charge in [0.15, 0.2) is 0 Å². The zero-order valence-corrected chi connectivity index (χ0v) is 11.1. The van der Waals surface area contributed by atoms with E-state index in [2.05, 4.69) is 39.2 Å². The van der Waals surface area contributed by atoms with Crippen molar-refractivity contribution >= 4 is 38.2 Å². The molecule has 0 fully saturated rings. The minimum Gasteiger partial charge on any atom is -0.282 e. The normalized spacial score (nSPS) is 11.8. The third-order valence-corrected chi connectivity index (χ3v) is 3.96. The molecule has 4 nitrogen and oxygen atoms in total. The highest BCUT2D eigenvalue weighted by molar-refractivity contribution is 6.15. The van der Waals surface area contributed by atoms with E-state index in [1.165, 1.54) is 5.39 Å². The number of pyridine rings is 3. The van der Waals surface area contributed by atoms with Crippen LogP contribution in [-0.4, -0.2) is 19.4 Å². The maximum Gasteiger partial charge on any atom is 0.146 e. The standard InChI is InChI=1S/C17H10N4/c1-3-11-7-14-13(8-15(11)19-5-1)12-4-2-6-20-17(12)21-10-18-9-16(14)21/h1-10H. The van der Waals surface area contributed by atoms with E-state index in [0.717, 1.165) is 32.8 Å². The molecule has 0 spiro atoms. The Morgan fingerprint density at radius 1 is 0.857 bits per heavy atom. The summed E-state index contributed by atoms with van der Waals surface area (Å²) in [5.41, 5.74) is 2.99. The fraction of sp³-hybridized carbons (Fsp3) is 0. The second-order valence-electron chi connectivity index (χ2n) is 5.12. The first kappa shape index (κ1) is 10.7. The smallest absolute Gasteiger partial charge is 0.146 e. The molecule has 0 N–H and O–H groups in total. The van der Waals surface area contributed by atoms with Crippen LogP contribution >= 0.6 is 0 Å². The molecule has 0 unspecified atom stereocenters. The van der Waals surface area contributed by atoms with Crippen molar-refractivity contribution in [3.05, 3.63) is 61.3 Å². The average Bonchev–Trinajstić information content (AvgIpc) is 3.03. The molecule has 98 valence electrons. The number of fused-ring (bicyclic) bond motifs is 7. The molecule has 1 aromatic carbocycles. The summed E-state index contributed by atoms with van der Waals surface area (Å²) in [7, 11) is 0. The summed E-state index contributed by atoms with van der Waals surface area (Å²) in [5.74, 6) is 0. The Bertz CT molecular complexity index is 1140. The number of nitrogens with zero attached hydrogens (tertiary/aromatic N) is 4. The van der Waals surface area contributed by atoms with Crippen molar-refractivity contribution in [1.82, 2.24) is 19.4 Å². The van der Waals surface area contributed by atoms with Crippen molar-refractivity contribution in [1.29, 1.82) is 0 Å². The summed E-state index contributed by atoms with van der Waals surface area (Å²) in [5, 5.41) is 4.59. The predicted octanol–water partition coefficient (Wildman–Crippen LogP) is 3.58. The third-order valence-electron chi connectivity index (χ3n) is 3.96. The van der Waals surface area contributed by atoms with Crippen molar-refractivity contribution in [3.63, 3.8) is 0 Å². The molecule has 0 amide bonds. The van der Waals surface area contributed by atoms with Gasteiger partial charge >= 0.3 is 0 Å². The van der Waals surface area contributed by atoms with Gasteiger partial charge in [0, 0.05) is 28.6 Å². The lowest BCUT2D eigenvalue weighted by Gasteiger charge is -2.08. The number of benzene rings is 1. The van der Waals surface area contributed by atoms with Crippen LogP contribution in [0, 0.1) is 0 Å². The highest BCUT2D eigenvalue weighted by Crippen LogP contribution is 2.31. The summed E-state index contributed by atoms with van der Waals surface area (Å²) in [6.45, 7) is 0. The molecule has 4 aromatic heterocycles. The summed E-state index contributed by atoms with van der Waals surface area (Å²) in [6.07, 6.45) is 7.34. The van der Waals surface area contributed by atoms with Crippen molar-refractivity contribution in [3.8, 4) is 0 Å². The van der Waals surface area contributed by atoms with E-state index in [-0.39, 0.29) is 0 Å². The fourth-order valence-electron chi connectivity index (χ4n) is 3.02. The van der Waals surface area contributed by atoms with Gasteiger partial charge in [-0.05, 0) is 35.7 Å². The van der Waals surface area contributed by atoms with Crippen LogP contribution in [0.25, 0.3) is 38.2 Å². The molecule has 0 aliphatic carbocycles. The minimum atomic E-state index is 0.924. The highest BCUT2D eigenvalue weighted by Gasteiger charge is 2.10. The molecule has 4 heterocycles. The molecule has 0 radical (unpaired) electrons. The van der Waals surface area contributed by atoms with Crippen LogP contribution < -0.4 is 0 Å². The zero-order chi connectivity index (χ0) is 13.8. The van der Waals surface area contributed by atoms with Gasteiger partial charge in [-0.1, -0.05) is 6.07 Å². The van der Waals surface area contributed by atoms with E-state index in [0.29, 0.717) is 0 Å². The Morgan fingerprint density at radius 3 is 2.76 bits per heavy atom. The highest BCUT2D eigenvalue weighted by atomic mass is 15.0. The molecule has 0 atom stereocenters. The SMILES string of the molecule is c1cnc2cc3c(cc2c1)c1cncn1c1ncccc31. The molecule has 0 aliphatic heterocycles. The van der Waals surface area contributed by atoms with Gasteiger partial charge < -0.3 is 0 Å². The van der Waals surface area contributed by atoms with Crippen LogP contribution in [0.5, 0.6) is 0 Å². The third kappa shape index (κ3) is 1.36. The lowest BCUT2D eigenvalue weighted by molar-refractivity contribution is 1.17. The van der Waals surface area contributed by atoms with E-state index in [9.17, 15) is 0 Å². The molecular formula is C17H10N4. The zero-order valence-electron chi connectivity index (χ0n) is 11.1. The van der Waals surface area contributed by atoms with Gasteiger partial charge in [0.05, 0.1) is 17.2 Å². The Morgan fingerprint density at radius 2 is 1.76 bits per heavy atom. The molecule has 21 heavy (non-hydrogen) atoms. The van der Waals surface area contributed by atoms with Crippen molar-refractivity contribution in [2.24, 2.45) is 0 Å². The number of aromatic nitrogens is 4.